The smallest absolute Gasteiger partial charge is 0.244 e. The zero-order valence-corrected chi connectivity index (χ0v) is 18.3. The second kappa shape index (κ2) is 8.78. The molecule has 2 rings (SSSR count). The van der Waals surface area contributed by atoms with Gasteiger partial charge >= 0.3 is 0 Å². The summed E-state index contributed by atoms with van der Waals surface area (Å²) >= 11 is 0. The molecule has 2 aromatic rings. The summed E-state index contributed by atoms with van der Waals surface area (Å²) in [6.07, 6.45) is 1.99. The summed E-state index contributed by atoms with van der Waals surface area (Å²) in [6.45, 7) is 9.58. The first-order chi connectivity index (χ1) is 13.0. The monoisotopic (exact) mass is 402 g/mol. The van der Waals surface area contributed by atoms with Crippen LogP contribution < -0.4 is 9.62 Å². The lowest BCUT2D eigenvalue weighted by Gasteiger charge is -2.29. The Morgan fingerprint density at radius 2 is 1.68 bits per heavy atom. The van der Waals surface area contributed by atoms with Crippen molar-refractivity contribution in [1.82, 2.24) is 5.32 Å². The summed E-state index contributed by atoms with van der Waals surface area (Å²) in [6, 6.07) is 12.3. The van der Waals surface area contributed by atoms with Gasteiger partial charge in [0.25, 0.3) is 0 Å². The third-order valence-corrected chi connectivity index (χ3v) is 6.18. The molecular weight excluding hydrogens is 372 g/mol. The molecule has 0 aliphatic rings. The number of amides is 1. The molecule has 0 spiro atoms. The second-order valence-corrected chi connectivity index (χ2v) is 9.20. The first-order valence-electron chi connectivity index (χ1n) is 9.50. The number of benzene rings is 2. The van der Waals surface area contributed by atoms with Crippen LogP contribution >= 0.6 is 0 Å². The molecule has 0 bridgehead atoms. The number of carbonyl (C=O) groups excluding carboxylic acids is 1. The predicted octanol–water partition coefficient (Wildman–Crippen LogP) is 3.90. The van der Waals surface area contributed by atoms with Gasteiger partial charge in [0.05, 0.1) is 18.0 Å². The number of carbonyl (C=O) groups is 1. The van der Waals surface area contributed by atoms with Crippen molar-refractivity contribution >= 4 is 21.6 Å². The maximum atomic E-state index is 12.9. The molecule has 0 aromatic heterocycles. The zero-order valence-electron chi connectivity index (χ0n) is 17.5. The minimum atomic E-state index is -3.62. The van der Waals surface area contributed by atoms with E-state index in [1.165, 1.54) is 4.31 Å². The second-order valence-electron chi connectivity index (χ2n) is 7.35. The highest BCUT2D eigenvalue weighted by Crippen LogP contribution is 2.23. The zero-order chi connectivity index (χ0) is 21.1. The van der Waals surface area contributed by atoms with Gasteiger partial charge in [0.2, 0.25) is 15.9 Å². The Labute approximate surface area is 168 Å². The third kappa shape index (κ3) is 5.13. The van der Waals surface area contributed by atoms with Crippen LogP contribution in [0.4, 0.5) is 5.69 Å². The number of sulfonamides is 1. The molecule has 1 N–H and O–H groups in total. The normalized spacial score (nSPS) is 13.6. The lowest BCUT2D eigenvalue weighted by molar-refractivity contribution is -0.122. The van der Waals surface area contributed by atoms with Gasteiger partial charge in [-0.05, 0) is 62.9 Å². The summed E-state index contributed by atoms with van der Waals surface area (Å²) < 4.78 is 26.0. The van der Waals surface area contributed by atoms with E-state index in [-0.39, 0.29) is 11.9 Å². The van der Waals surface area contributed by atoms with Gasteiger partial charge < -0.3 is 5.32 Å². The Hall–Kier alpha value is -2.34. The minimum absolute atomic E-state index is 0.223. The van der Waals surface area contributed by atoms with Crippen molar-refractivity contribution in [3.05, 3.63) is 64.7 Å². The highest BCUT2D eigenvalue weighted by atomic mass is 32.2. The van der Waals surface area contributed by atoms with Crippen molar-refractivity contribution in [3.63, 3.8) is 0 Å². The van der Waals surface area contributed by atoms with Crippen molar-refractivity contribution < 1.29 is 13.2 Å². The van der Waals surface area contributed by atoms with E-state index in [0.29, 0.717) is 5.69 Å². The van der Waals surface area contributed by atoms with Crippen LogP contribution in [0.3, 0.4) is 0 Å². The Balaban J connectivity index is 2.25. The van der Waals surface area contributed by atoms with E-state index in [0.717, 1.165) is 34.9 Å². The van der Waals surface area contributed by atoms with Gasteiger partial charge in [-0.3, -0.25) is 9.10 Å². The molecule has 2 atom stereocenters. The summed E-state index contributed by atoms with van der Waals surface area (Å²) in [5.41, 5.74) is 4.87. The maximum absolute atomic E-state index is 12.9. The van der Waals surface area contributed by atoms with E-state index in [1.807, 2.05) is 52.0 Å². The molecule has 0 saturated heterocycles. The first kappa shape index (κ1) is 22.0. The highest BCUT2D eigenvalue weighted by Gasteiger charge is 2.30. The Bertz CT molecular complexity index is 937. The molecule has 0 fully saturated rings. The first-order valence-corrected chi connectivity index (χ1v) is 11.3. The van der Waals surface area contributed by atoms with Gasteiger partial charge in [-0.15, -0.1) is 0 Å². The summed E-state index contributed by atoms with van der Waals surface area (Å²) in [7, 11) is -3.62. The van der Waals surface area contributed by atoms with Crippen LogP contribution in [0.25, 0.3) is 0 Å². The van der Waals surface area contributed by atoms with Crippen LogP contribution in [0, 0.1) is 13.8 Å². The minimum Gasteiger partial charge on any atom is -0.348 e. The molecular formula is C22H30N2O3S. The maximum Gasteiger partial charge on any atom is 0.244 e. The number of nitrogens with one attached hydrogen (secondary N) is 1. The van der Waals surface area contributed by atoms with E-state index >= 15 is 0 Å². The number of hydrogen-bond donors (Lipinski definition) is 1. The van der Waals surface area contributed by atoms with Gasteiger partial charge in [-0.1, -0.05) is 42.8 Å². The van der Waals surface area contributed by atoms with Crippen molar-refractivity contribution in [1.29, 1.82) is 0 Å². The van der Waals surface area contributed by atoms with E-state index < -0.39 is 16.1 Å². The van der Waals surface area contributed by atoms with Crippen molar-refractivity contribution in [2.75, 3.05) is 10.6 Å². The van der Waals surface area contributed by atoms with Crippen molar-refractivity contribution in [3.8, 4) is 0 Å². The molecule has 0 radical (unpaired) electrons. The molecule has 5 nitrogen and oxygen atoms in total. The van der Waals surface area contributed by atoms with Gasteiger partial charge in [-0.25, -0.2) is 8.42 Å². The van der Waals surface area contributed by atoms with Crippen LogP contribution in [-0.2, 0) is 21.2 Å². The Morgan fingerprint density at radius 1 is 1.07 bits per heavy atom. The number of nitrogens with zero attached hydrogens (tertiary/aromatic N) is 1. The summed E-state index contributed by atoms with van der Waals surface area (Å²) in [4.78, 5) is 12.9. The molecule has 0 saturated carbocycles. The Kier molecular flexibility index (Phi) is 6.88. The van der Waals surface area contributed by atoms with Gasteiger partial charge in [-0.2, -0.15) is 0 Å². The van der Waals surface area contributed by atoms with Gasteiger partial charge in [0.1, 0.15) is 6.04 Å². The summed E-state index contributed by atoms with van der Waals surface area (Å²) in [5.74, 6) is -0.336. The van der Waals surface area contributed by atoms with Crippen molar-refractivity contribution in [2.45, 2.75) is 53.1 Å². The van der Waals surface area contributed by atoms with Crippen LogP contribution in [0.5, 0.6) is 0 Å². The van der Waals surface area contributed by atoms with Crippen LogP contribution in [0.2, 0.25) is 0 Å². The molecule has 0 unspecified atom stereocenters. The fourth-order valence-electron chi connectivity index (χ4n) is 3.41. The van der Waals surface area contributed by atoms with Crippen molar-refractivity contribution in [2.24, 2.45) is 0 Å². The fourth-order valence-corrected chi connectivity index (χ4v) is 4.59. The summed E-state index contributed by atoms with van der Waals surface area (Å²) in [5, 5.41) is 2.96. The standard InChI is InChI=1S/C22H30N2O3S/c1-7-19-9-11-20(12-10-19)24(28(6,26)27)18(5)22(25)23-17(4)21-13-8-15(2)14-16(21)3/h8-14,17-18H,7H2,1-6H3,(H,23,25)/t17-,18-/m1/s1. The quantitative estimate of drug-likeness (QED) is 0.764. The van der Waals surface area contributed by atoms with E-state index in [2.05, 4.69) is 11.4 Å². The topological polar surface area (TPSA) is 66.5 Å². The highest BCUT2D eigenvalue weighted by molar-refractivity contribution is 7.92. The number of rotatable bonds is 7. The van der Waals surface area contributed by atoms with E-state index in [1.54, 1.807) is 19.1 Å². The molecule has 152 valence electrons. The molecule has 0 aliphatic carbocycles. The van der Waals surface area contributed by atoms with Crippen LogP contribution in [0.1, 0.15) is 49.1 Å². The van der Waals surface area contributed by atoms with E-state index in [4.69, 9.17) is 0 Å². The average molecular weight is 403 g/mol. The SMILES string of the molecule is CCc1ccc(N([C@H](C)C(=O)N[C@H](C)c2ccc(C)cc2C)S(C)(=O)=O)cc1. The number of hydrogen-bond acceptors (Lipinski definition) is 3. The fraction of sp³-hybridized carbons (Fsp3) is 0.409. The molecule has 1 amide bonds. The molecule has 28 heavy (non-hydrogen) atoms. The van der Waals surface area contributed by atoms with E-state index in [9.17, 15) is 13.2 Å². The average Bonchev–Trinajstić information content (AvgIpc) is 2.61. The third-order valence-electron chi connectivity index (χ3n) is 4.94. The van der Waals surface area contributed by atoms with Gasteiger partial charge in [0, 0.05) is 0 Å². The predicted molar refractivity (Wildman–Crippen MR) is 115 cm³/mol. The number of anilines is 1. The Morgan fingerprint density at radius 3 is 2.18 bits per heavy atom. The number of aryl methyl sites for hydroxylation is 3. The molecule has 0 heterocycles. The van der Waals surface area contributed by atoms with Crippen LogP contribution in [-0.4, -0.2) is 26.6 Å². The largest absolute Gasteiger partial charge is 0.348 e. The molecule has 0 aliphatic heterocycles. The lowest BCUT2D eigenvalue weighted by atomic mass is 10.00. The van der Waals surface area contributed by atoms with Crippen LogP contribution in [0.15, 0.2) is 42.5 Å². The lowest BCUT2D eigenvalue weighted by Crippen LogP contribution is -2.48. The van der Waals surface area contributed by atoms with Gasteiger partial charge in [0.15, 0.2) is 0 Å². The molecule has 2 aromatic carbocycles. The molecule has 6 heteroatoms.